The smallest absolute Gasteiger partial charge is 0.0350 e. The molecule has 0 rings (SSSR count). The maximum atomic E-state index is 2.20. The Kier molecular flexibility index (Phi) is 5.29. The lowest BCUT2D eigenvalue weighted by Crippen LogP contribution is -1.61. The maximum Gasteiger partial charge on any atom is -0.0350 e. The molecule has 0 aliphatic carbocycles. The molecule has 0 saturated carbocycles. The van der Waals surface area contributed by atoms with Crippen molar-refractivity contribution < 1.29 is 0 Å². The Morgan fingerprint density at radius 1 is 1.33 bits per heavy atom. The quantitative estimate of drug-likeness (QED) is 0.506. The molecular weight excluding hydrogens is 108 g/mol. The molecule has 0 N–H and O–H groups in total. The van der Waals surface area contributed by atoms with E-state index in [1.807, 2.05) is 0 Å². The normalized spacial score (nSPS) is 10.1. The molecule has 9 heavy (non-hydrogen) atoms. The van der Waals surface area contributed by atoms with Crippen LogP contribution in [0, 0.1) is 0 Å². The summed E-state index contributed by atoms with van der Waals surface area (Å²) in [5, 5.41) is 0. The van der Waals surface area contributed by atoms with Crippen molar-refractivity contribution in [1.29, 1.82) is 0 Å². The van der Waals surface area contributed by atoms with Gasteiger partial charge in [-0.3, -0.25) is 0 Å². The summed E-state index contributed by atoms with van der Waals surface area (Å²) in [6.45, 7) is 6.40. The van der Waals surface area contributed by atoms with Crippen molar-refractivity contribution in [2.75, 3.05) is 0 Å². The summed E-state index contributed by atoms with van der Waals surface area (Å²) in [6, 6.07) is 0. The first-order valence-electron chi connectivity index (χ1n) is 3.57. The minimum Gasteiger partial charge on any atom is -0.0845 e. The van der Waals surface area contributed by atoms with Crippen molar-refractivity contribution in [3.05, 3.63) is 23.8 Å². The fourth-order valence-electron chi connectivity index (χ4n) is 0.523. The SMILES string of the molecule is CCC/C=C/C=C(C)C. The van der Waals surface area contributed by atoms with Gasteiger partial charge < -0.3 is 0 Å². The van der Waals surface area contributed by atoms with E-state index in [-0.39, 0.29) is 0 Å². The highest BCUT2D eigenvalue weighted by Crippen LogP contribution is 1.92. The molecule has 0 fully saturated rings. The van der Waals surface area contributed by atoms with Crippen molar-refractivity contribution >= 4 is 0 Å². The minimum atomic E-state index is 1.20. The number of hydrogen-bond donors (Lipinski definition) is 0. The Morgan fingerprint density at radius 3 is 2.44 bits per heavy atom. The first-order chi connectivity index (χ1) is 4.27. The van der Waals surface area contributed by atoms with Crippen LogP contribution in [0.15, 0.2) is 23.8 Å². The highest BCUT2D eigenvalue weighted by atomic mass is 13.8. The van der Waals surface area contributed by atoms with Gasteiger partial charge in [-0.15, -0.1) is 0 Å². The lowest BCUT2D eigenvalue weighted by molar-refractivity contribution is 0.958. The van der Waals surface area contributed by atoms with Crippen molar-refractivity contribution in [3.8, 4) is 0 Å². The van der Waals surface area contributed by atoms with E-state index >= 15 is 0 Å². The largest absolute Gasteiger partial charge is 0.0845 e. The van der Waals surface area contributed by atoms with Gasteiger partial charge in [-0.25, -0.2) is 0 Å². The Labute approximate surface area is 58.3 Å². The number of allylic oxidation sites excluding steroid dienone is 4. The molecule has 0 aromatic heterocycles. The van der Waals surface area contributed by atoms with Crippen LogP contribution in [0.4, 0.5) is 0 Å². The molecule has 0 amide bonds. The Hall–Kier alpha value is -0.520. The van der Waals surface area contributed by atoms with Crippen LogP contribution in [0.5, 0.6) is 0 Å². The van der Waals surface area contributed by atoms with Gasteiger partial charge in [-0.1, -0.05) is 37.1 Å². The van der Waals surface area contributed by atoms with Crippen LogP contribution in [0.1, 0.15) is 33.6 Å². The number of rotatable bonds is 3. The van der Waals surface area contributed by atoms with Gasteiger partial charge >= 0.3 is 0 Å². The van der Waals surface area contributed by atoms with E-state index < -0.39 is 0 Å². The zero-order valence-corrected chi connectivity index (χ0v) is 6.65. The monoisotopic (exact) mass is 124 g/mol. The van der Waals surface area contributed by atoms with E-state index in [0.717, 1.165) is 0 Å². The average Bonchev–Trinajstić information content (AvgIpc) is 1.80. The van der Waals surface area contributed by atoms with Crippen molar-refractivity contribution in [3.63, 3.8) is 0 Å². The molecular formula is C9H16. The second-order valence-corrected chi connectivity index (χ2v) is 2.46. The summed E-state index contributed by atoms with van der Waals surface area (Å²) in [5.74, 6) is 0. The zero-order valence-electron chi connectivity index (χ0n) is 6.65. The van der Waals surface area contributed by atoms with E-state index in [0.29, 0.717) is 0 Å². The molecule has 0 spiro atoms. The predicted molar refractivity (Wildman–Crippen MR) is 43.5 cm³/mol. The van der Waals surface area contributed by atoms with Crippen LogP contribution in [0.3, 0.4) is 0 Å². The summed E-state index contributed by atoms with van der Waals surface area (Å²) in [4.78, 5) is 0. The third kappa shape index (κ3) is 7.48. The summed E-state index contributed by atoms with van der Waals surface area (Å²) < 4.78 is 0. The van der Waals surface area contributed by atoms with Crippen molar-refractivity contribution in [1.82, 2.24) is 0 Å². The molecule has 0 bridgehead atoms. The summed E-state index contributed by atoms with van der Waals surface area (Å²) in [6.07, 6.45) is 8.90. The molecule has 0 nitrogen and oxygen atoms in total. The summed E-state index contributed by atoms with van der Waals surface area (Å²) in [5.41, 5.74) is 1.36. The molecule has 0 atom stereocenters. The van der Waals surface area contributed by atoms with E-state index in [4.69, 9.17) is 0 Å². The van der Waals surface area contributed by atoms with Crippen LogP contribution < -0.4 is 0 Å². The van der Waals surface area contributed by atoms with E-state index in [9.17, 15) is 0 Å². The molecule has 0 aromatic carbocycles. The van der Waals surface area contributed by atoms with E-state index in [1.54, 1.807) is 0 Å². The Balaban J connectivity index is 3.35. The van der Waals surface area contributed by atoms with Gasteiger partial charge in [-0.05, 0) is 20.3 Å². The van der Waals surface area contributed by atoms with Gasteiger partial charge in [0.05, 0.1) is 0 Å². The Morgan fingerprint density at radius 2 is 2.00 bits per heavy atom. The highest BCUT2D eigenvalue weighted by molar-refractivity contribution is 5.07. The molecule has 0 radical (unpaired) electrons. The van der Waals surface area contributed by atoms with Gasteiger partial charge in [0.2, 0.25) is 0 Å². The molecule has 0 heteroatoms. The average molecular weight is 124 g/mol. The van der Waals surface area contributed by atoms with Gasteiger partial charge in [0.1, 0.15) is 0 Å². The maximum absolute atomic E-state index is 2.20. The molecule has 0 unspecified atom stereocenters. The highest BCUT2D eigenvalue weighted by Gasteiger charge is 1.71. The van der Waals surface area contributed by atoms with Crippen LogP contribution in [0.2, 0.25) is 0 Å². The number of unbranched alkanes of at least 4 members (excludes halogenated alkanes) is 1. The van der Waals surface area contributed by atoms with E-state index in [1.165, 1.54) is 18.4 Å². The van der Waals surface area contributed by atoms with Crippen molar-refractivity contribution in [2.24, 2.45) is 0 Å². The second-order valence-electron chi connectivity index (χ2n) is 2.46. The first-order valence-corrected chi connectivity index (χ1v) is 3.57. The lowest BCUT2D eigenvalue weighted by atomic mass is 10.2. The fraction of sp³-hybridized carbons (Fsp3) is 0.556. The van der Waals surface area contributed by atoms with Crippen LogP contribution in [-0.2, 0) is 0 Å². The molecule has 0 aromatic rings. The van der Waals surface area contributed by atoms with Gasteiger partial charge in [0.25, 0.3) is 0 Å². The number of hydrogen-bond acceptors (Lipinski definition) is 0. The lowest BCUT2D eigenvalue weighted by Gasteiger charge is -1.82. The zero-order chi connectivity index (χ0) is 7.11. The Bertz CT molecular complexity index is 103. The third-order valence-electron chi connectivity index (χ3n) is 1.02. The predicted octanol–water partition coefficient (Wildman–Crippen LogP) is 3.31. The minimum absolute atomic E-state index is 1.20. The molecule has 0 aliphatic heterocycles. The topological polar surface area (TPSA) is 0 Å². The summed E-state index contributed by atoms with van der Waals surface area (Å²) in [7, 11) is 0. The van der Waals surface area contributed by atoms with E-state index in [2.05, 4.69) is 39.0 Å². The van der Waals surface area contributed by atoms with Gasteiger partial charge in [-0.2, -0.15) is 0 Å². The van der Waals surface area contributed by atoms with Gasteiger partial charge in [0.15, 0.2) is 0 Å². The van der Waals surface area contributed by atoms with Gasteiger partial charge in [0, 0.05) is 0 Å². The molecule has 52 valence electrons. The second kappa shape index (κ2) is 5.61. The van der Waals surface area contributed by atoms with Crippen LogP contribution in [0.25, 0.3) is 0 Å². The summed E-state index contributed by atoms with van der Waals surface area (Å²) >= 11 is 0. The molecule has 0 aliphatic rings. The van der Waals surface area contributed by atoms with Crippen molar-refractivity contribution in [2.45, 2.75) is 33.6 Å². The molecule has 0 heterocycles. The first kappa shape index (κ1) is 8.48. The fourth-order valence-corrected chi connectivity index (χ4v) is 0.523. The molecule has 0 saturated heterocycles. The third-order valence-corrected chi connectivity index (χ3v) is 1.02. The van der Waals surface area contributed by atoms with Crippen LogP contribution >= 0.6 is 0 Å². The standard InChI is InChI=1S/C9H16/c1-4-5-6-7-8-9(2)3/h6-8H,4-5H2,1-3H3/b7-6+. The van der Waals surface area contributed by atoms with Crippen LogP contribution in [-0.4, -0.2) is 0 Å².